The number of carbonyl (C=O) groups excluding carboxylic acids is 2. The molecular formula is C10H18N2O2S. The molecule has 0 spiro atoms. The molecule has 0 aromatic rings. The maximum absolute atomic E-state index is 11.9. The lowest BCUT2D eigenvalue weighted by molar-refractivity contribution is -0.134. The second-order valence-electron chi connectivity index (χ2n) is 3.87. The van der Waals surface area contributed by atoms with Gasteiger partial charge in [0.15, 0.2) is 0 Å². The van der Waals surface area contributed by atoms with Crippen LogP contribution in [0, 0.1) is 0 Å². The van der Waals surface area contributed by atoms with E-state index >= 15 is 0 Å². The summed E-state index contributed by atoms with van der Waals surface area (Å²) in [4.78, 5) is 25.1. The van der Waals surface area contributed by atoms with Gasteiger partial charge in [0.2, 0.25) is 11.8 Å². The molecule has 0 aliphatic carbocycles. The first-order valence-corrected chi connectivity index (χ1v) is 6.54. The predicted octanol–water partition coefficient (Wildman–Crippen LogP) is 0.475. The fourth-order valence-corrected chi connectivity index (χ4v) is 2.11. The van der Waals surface area contributed by atoms with Gasteiger partial charge in [-0.25, -0.2) is 0 Å². The molecule has 5 heteroatoms. The molecule has 2 atom stereocenters. The summed E-state index contributed by atoms with van der Waals surface area (Å²) in [5, 5.41) is 2.69. The van der Waals surface area contributed by atoms with Crippen LogP contribution in [-0.4, -0.2) is 47.4 Å². The summed E-state index contributed by atoms with van der Waals surface area (Å²) in [5.41, 5.74) is 0. The average Bonchev–Trinajstić information content (AvgIpc) is 2.24. The normalized spacial score (nSPS) is 27.5. The summed E-state index contributed by atoms with van der Waals surface area (Å²) in [5.74, 6) is 0.911. The molecule has 4 nitrogen and oxygen atoms in total. The zero-order valence-electron chi connectivity index (χ0n) is 9.45. The molecule has 1 rings (SSSR count). The molecule has 1 aliphatic rings. The largest absolute Gasteiger partial charge is 0.345 e. The van der Waals surface area contributed by atoms with Crippen molar-refractivity contribution >= 4 is 23.6 Å². The molecule has 2 unspecified atom stereocenters. The molecule has 1 fully saturated rings. The topological polar surface area (TPSA) is 49.4 Å². The Bertz CT molecular complexity index is 258. The van der Waals surface area contributed by atoms with E-state index in [0.717, 1.165) is 12.3 Å². The Kier molecular flexibility index (Phi) is 4.45. The summed E-state index contributed by atoms with van der Waals surface area (Å²) in [6, 6.07) is -0.376. The summed E-state index contributed by atoms with van der Waals surface area (Å²) >= 11 is 1.71. The van der Waals surface area contributed by atoms with Crippen LogP contribution in [-0.2, 0) is 9.59 Å². The number of nitrogens with zero attached hydrogens (tertiary/aromatic N) is 1. The number of carbonyl (C=O) groups is 2. The second kappa shape index (κ2) is 5.39. The lowest BCUT2D eigenvalue weighted by Crippen LogP contribution is -2.45. The van der Waals surface area contributed by atoms with Crippen molar-refractivity contribution in [1.29, 1.82) is 0 Å². The Morgan fingerprint density at radius 3 is 2.73 bits per heavy atom. The standard InChI is InChI=1S/C10H18N2O2S/c1-7-6-9(13)11-8(2)10(14)12(7)4-5-15-3/h7-8H,4-6H2,1-3H3,(H,11,13). The van der Waals surface area contributed by atoms with E-state index in [1.165, 1.54) is 0 Å². The first-order chi connectivity index (χ1) is 7.06. The lowest BCUT2D eigenvalue weighted by Gasteiger charge is -2.27. The van der Waals surface area contributed by atoms with E-state index in [4.69, 9.17) is 0 Å². The zero-order valence-corrected chi connectivity index (χ0v) is 10.3. The number of rotatable bonds is 3. The highest BCUT2D eigenvalue weighted by molar-refractivity contribution is 7.98. The summed E-state index contributed by atoms with van der Waals surface area (Å²) in [7, 11) is 0. The second-order valence-corrected chi connectivity index (χ2v) is 4.85. The van der Waals surface area contributed by atoms with Gasteiger partial charge in [-0.2, -0.15) is 11.8 Å². The Morgan fingerprint density at radius 2 is 2.13 bits per heavy atom. The van der Waals surface area contributed by atoms with E-state index in [2.05, 4.69) is 5.32 Å². The van der Waals surface area contributed by atoms with Gasteiger partial charge in [0, 0.05) is 24.8 Å². The number of nitrogens with one attached hydrogen (secondary N) is 1. The van der Waals surface area contributed by atoms with Crippen molar-refractivity contribution in [1.82, 2.24) is 10.2 Å². The van der Waals surface area contributed by atoms with Crippen LogP contribution in [0.4, 0.5) is 0 Å². The molecule has 1 aliphatic heterocycles. The lowest BCUT2D eigenvalue weighted by atomic mass is 10.2. The van der Waals surface area contributed by atoms with Gasteiger partial charge in [0.05, 0.1) is 0 Å². The molecule has 1 saturated heterocycles. The van der Waals surface area contributed by atoms with E-state index in [1.54, 1.807) is 23.6 Å². The van der Waals surface area contributed by atoms with Crippen molar-refractivity contribution in [3.8, 4) is 0 Å². The number of thioether (sulfide) groups is 1. The Balaban J connectivity index is 2.71. The van der Waals surface area contributed by atoms with Gasteiger partial charge in [-0.15, -0.1) is 0 Å². The van der Waals surface area contributed by atoms with Crippen LogP contribution in [0.25, 0.3) is 0 Å². The average molecular weight is 230 g/mol. The summed E-state index contributed by atoms with van der Waals surface area (Å²) < 4.78 is 0. The van der Waals surface area contributed by atoms with E-state index in [-0.39, 0.29) is 23.9 Å². The van der Waals surface area contributed by atoms with Crippen molar-refractivity contribution < 1.29 is 9.59 Å². The minimum atomic E-state index is -0.385. The van der Waals surface area contributed by atoms with E-state index in [1.807, 2.05) is 13.2 Å². The Labute approximate surface area is 94.8 Å². The Morgan fingerprint density at radius 1 is 1.47 bits per heavy atom. The first-order valence-electron chi connectivity index (χ1n) is 5.15. The highest BCUT2D eigenvalue weighted by atomic mass is 32.2. The summed E-state index contributed by atoms with van der Waals surface area (Å²) in [6.45, 7) is 4.39. The van der Waals surface area contributed by atoms with Crippen molar-refractivity contribution in [3.63, 3.8) is 0 Å². The van der Waals surface area contributed by atoms with Crippen LogP contribution in [0.5, 0.6) is 0 Å². The molecule has 1 N–H and O–H groups in total. The number of hydrogen-bond acceptors (Lipinski definition) is 3. The molecule has 2 amide bonds. The molecular weight excluding hydrogens is 212 g/mol. The van der Waals surface area contributed by atoms with E-state index < -0.39 is 0 Å². The third-order valence-electron chi connectivity index (χ3n) is 2.58. The van der Waals surface area contributed by atoms with E-state index in [9.17, 15) is 9.59 Å². The van der Waals surface area contributed by atoms with Gasteiger partial charge < -0.3 is 10.2 Å². The fraction of sp³-hybridized carbons (Fsp3) is 0.800. The van der Waals surface area contributed by atoms with Gasteiger partial charge >= 0.3 is 0 Å². The quantitative estimate of drug-likeness (QED) is 0.767. The van der Waals surface area contributed by atoms with Crippen LogP contribution in [0.2, 0.25) is 0 Å². The van der Waals surface area contributed by atoms with Crippen molar-refractivity contribution in [2.24, 2.45) is 0 Å². The van der Waals surface area contributed by atoms with Crippen molar-refractivity contribution in [2.75, 3.05) is 18.6 Å². The third kappa shape index (κ3) is 3.12. The predicted molar refractivity (Wildman–Crippen MR) is 61.8 cm³/mol. The molecule has 0 radical (unpaired) electrons. The maximum atomic E-state index is 11.9. The summed E-state index contributed by atoms with van der Waals surface area (Å²) in [6.07, 6.45) is 2.42. The van der Waals surface area contributed by atoms with Crippen molar-refractivity contribution in [2.45, 2.75) is 32.4 Å². The highest BCUT2D eigenvalue weighted by Crippen LogP contribution is 2.11. The number of amides is 2. The minimum absolute atomic E-state index is 0.00889. The first kappa shape index (κ1) is 12.4. The van der Waals surface area contributed by atoms with Crippen molar-refractivity contribution in [3.05, 3.63) is 0 Å². The van der Waals surface area contributed by atoms with Crippen LogP contribution in [0.15, 0.2) is 0 Å². The molecule has 0 bridgehead atoms. The monoisotopic (exact) mass is 230 g/mol. The van der Waals surface area contributed by atoms with Crippen LogP contribution < -0.4 is 5.32 Å². The smallest absolute Gasteiger partial charge is 0.245 e. The molecule has 0 aromatic carbocycles. The van der Waals surface area contributed by atoms with Gasteiger partial charge in [0.25, 0.3) is 0 Å². The molecule has 15 heavy (non-hydrogen) atoms. The maximum Gasteiger partial charge on any atom is 0.245 e. The zero-order chi connectivity index (χ0) is 11.4. The minimum Gasteiger partial charge on any atom is -0.345 e. The molecule has 1 heterocycles. The Hall–Kier alpha value is -0.710. The fourth-order valence-electron chi connectivity index (χ4n) is 1.73. The molecule has 0 aromatic heterocycles. The van der Waals surface area contributed by atoms with Gasteiger partial charge in [-0.05, 0) is 20.1 Å². The van der Waals surface area contributed by atoms with Gasteiger partial charge in [-0.3, -0.25) is 9.59 Å². The van der Waals surface area contributed by atoms with Gasteiger partial charge in [-0.1, -0.05) is 0 Å². The molecule has 0 saturated carbocycles. The van der Waals surface area contributed by atoms with Crippen LogP contribution in [0.1, 0.15) is 20.3 Å². The van der Waals surface area contributed by atoms with Crippen LogP contribution >= 0.6 is 11.8 Å². The molecule has 86 valence electrons. The third-order valence-corrected chi connectivity index (χ3v) is 3.17. The SMILES string of the molecule is CSCCN1C(=O)C(C)NC(=O)CC1C. The highest BCUT2D eigenvalue weighted by Gasteiger charge is 2.30. The van der Waals surface area contributed by atoms with Gasteiger partial charge in [0.1, 0.15) is 6.04 Å². The number of hydrogen-bond donors (Lipinski definition) is 1. The van der Waals surface area contributed by atoms with E-state index in [0.29, 0.717) is 6.42 Å². The van der Waals surface area contributed by atoms with Crippen LogP contribution in [0.3, 0.4) is 0 Å².